The lowest BCUT2D eigenvalue weighted by Gasteiger charge is -2.47. The highest BCUT2D eigenvalue weighted by Crippen LogP contribution is 2.55. The van der Waals surface area contributed by atoms with E-state index >= 15 is 0 Å². The van der Waals surface area contributed by atoms with Crippen LogP contribution in [-0.4, -0.2) is 42.7 Å². The van der Waals surface area contributed by atoms with Gasteiger partial charge >= 0.3 is 18.0 Å². The Hall–Kier alpha value is -3.62. The molecule has 0 saturated heterocycles. The van der Waals surface area contributed by atoms with Gasteiger partial charge in [-0.3, -0.25) is 14.8 Å². The standard InChI is InChI=1S/C25H19F8N3O3S/c26-17-5-7-20(8-6-17)40(38,39)22(12-19(13-22)36-21(37)11-18-14-34-9-10-35-18)15-1-3-16(4-2-15)23(27,24(28,29)30)25(31,32)33/h1-10,14,19H,11-13H2,(H,36,37). The molecule has 0 atom stereocenters. The van der Waals surface area contributed by atoms with E-state index in [0.29, 0.717) is 17.8 Å². The topological polar surface area (TPSA) is 89.0 Å². The summed E-state index contributed by atoms with van der Waals surface area (Å²) in [6.45, 7) is 0. The Kier molecular flexibility index (Phi) is 7.41. The molecule has 4 rings (SSSR count). The number of hydrogen-bond donors (Lipinski definition) is 1. The molecule has 1 heterocycles. The fraction of sp³-hybridized carbons (Fsp3) is 0.320. The van der Waals surface area contributed by atoms with Crippen molar-refractivity contribution in [3.05, 3.63) is 89.8 Å². The van der Waals surface area contributed by atoms with Crippen LogP contribution in [-0.2, 0) is 31.5 Å². The molecule has 1 N–H and O–H groups in total. The number of nitrogens with zero attached hydrogens (tertiary/aromatic N) is 2. The minimum atomic E-state index is -6.35. The predicted octanol–water partition coefficient (Wildman–Crippen LogP) is 5.10. The van der Waals surface area contributed by atoms with Gasteiger partial charge in [-0.2, -0.15) is 26.3 Å². The monoisotopic (exact) mass is 593 g/mol. The molecule has 1 saturated carbocycles. The fourth-order valence-corrected chi connectivity index (χ4v) is 6.88. The summed E-state index contributed by atoms with van der Waals surface area (Å²) in [4.78, 5) is 19.8. The molecule has 3 aromatic rings. The molecule has 0 aliphatic heterocycles. The minimum absolute atomic E-state index is 0.190. The maximum Gasteiger partial charge on any atom is 0.435 e. The Balaban J connectivity index is 1.68. The maximum atomic E-state index is 14.5. The summed E-state index contributed by atoms with van der Waals surface area (Å²) in [5.74, 6) is -1.29. The zero-order chi connectivity index (χ0) is 29.6. The third-order valence-electron chi connectivity index (χ3n) is 6.70. The first-order valence-corrected chi connectivity index (χ1v) is 13.0. The summed E-state index contributed by atoms with van der Waals surface area (Å²) in [5.41, 5.74) is -7.38. The van der Waals surface area contributed by atoms with Gasteiger partial charge in [0.05, 0.1) is 17.0 Å². The molecular weight excluding hydrogens is 574 g/mol. The van der Waals surface area contributed by atoms with Crippen LogP contribution in [0.15, 0.2) is 72.0 Å². The number of benzene rings is 2. The summed E-state index contributed by atoms with van der Waals surface area (Å²) >= 11 is 0. The zero-order valence-corrected chi connectivity index (χ0v) is 20.9. The second-order valence-electron chi connectivity index (χ2n) is 9.23. The van der Waals surface area contributed by atoms with Crippen LogP contribution in [0.2, 0.25) is 0 Å². The number of carbonyl (C=O) groups excluding carboxylic acids is 1. The molecule has 6 nitrogen and oxygen atoms in total. The van der Waals surface area contributed by atoms with Gasteiger partial charge < -0.3 is 5.32 Å². The first-order chi connectivity index (χ1) is 18.5. The van der Waals surface area contributed by atoms with Crippen LogP contribution < -0.4 is 5.32 Å². The van der Waals surface area contributed by atoms with Crippen LogP contribution in [0.1, 0.15) is 29.7 Å². The summed E-state index contributed by atoms with van der Waals surface area (Å²) in [6.07, 6.45) is -9.43. The molecular formula is C25H19F8N3O3S. The van der Waals surface area contributed by atoms with Gasteiger partial charge in [0.1, 0.15) is 10.6 Å². The van der Waals surface area contributed by atoms with Gasteiger partial charge in [0.2, 0.25) is 5.91 Å². The van der Waals surface area contributed by atoms with Gasteiger partial charge in [-0.1, -0.05) is 24.3 Å². The summed E-state index contributed by atoms with van der Waals surface area (Å²) in [5, 5.41) is 2.61. The molecule has 0 radical (unpaired) electrons. The highest BCUT2D eigenvalue weighted by atomic mass is 32.2. The van der Waals surface area contributed by atoms with E-state index in [-0.39, 0.29) is 41.9 Å². The summed E-state index contributed by atoms with van der Waals surface area (Å²) in [7, 11) is -4.44. The first-order valence-electron chi connectivity index (χ1n) is 11.5. The highest BCUT2D eigenvalue weighted by molar-refractivity contribution is 7.92. The van der Waals surface area contributed by atoms with Crippen molar-refractivity contribution in [1.82, 2.24) is 15.3 Å². The minimum Gasteiger partial charge on any atom is -0.353 e. The second kappa shape index (κ2) is 10.1. The lowest BCUT2D eigenvalue weighted by molar-refractivity contribution is -0.348. The van der Waals surface area contributed by atoms with Crippen molar-refractivity contribution in [3.63, 3.8) is 0 Å². The molecule has 214 valence electrons. The Morgan fingerprint density at radius 2 is 1.48 bits per heavy atom. The van der Waals surface area contributed by atoms with Gasteiger partial charge in [-0.25, -0.2) is 17.2 Å². The molecule has 1 amide bonds. The molecule has 1 fully saturated rings. The van der Waals surface area contributed by atoms with Crippen LogP contribution in [0.3, 0.4) is 0 Å². The number of halogens is 8. The number of hydrogen-bond acceptors (Lipinski definition) is 5. The molecule has 15 heteroatoms. The SMILES string of the molecule is O=C(Cc1cnccn1)NC1CC(c2ccc(C(F)(C(F)(F)F)C(F)(F)F)cc2)(S(=O)(=O)c2ccc(F)cc2)C1. The fourth-order valence-electron chi connectivity index (χ4n) is 4.64. The molecule has 1 aromatic heterocycles. The Labute approximate surface area is 222 Å². The van der Waals surface area contributed by atoms with Crippen molar-refractivity contribution >= 4 is 15.7 Å². The van der Waals surface area contributed by atoms with Crippen molar-refractivity contribution in [2.75, 3.05) is 0 Å². The van der Waals surface area contributed by atoms with Crippen molar-refractivity contribution in [3.8, 4) is 0 Å². The van der Waals surface area contributed by atoms with E-state index in [2.05, 4.69) is 15.3 Å². The Morgan fingerprint density at radius 3 is 1.98 bits per heavy atom. The van der Waals surface area contributed by atoms with Crippen LogP contribution in [0, 0.1) is 5.82 Å². The van der Waals surface area contributed by atoms with E-state index < -0.39 is 55.9 Å². The van der Waals surface area contributed by atoms with Crippen LogP contribution in [0.4, 0.5) is 35.1 Å². The Bertz CT molecular complexity index is 1460. The van der Waals surface area contributed by atoms with E-state index in [1.165, 1.54) is 18.6 Å². The number of carbonyl (C=O) groups is 1. The van der Waals surface area contributed by atoms with Gasteiger partial charge in [0.15, 0.2) is 9.84 Å². The number of amides is 1. The third kappa shape index (κ3) is 5.02. The zero-order valence-electron chi connectivity index (χ0n) is 20.1. The molecule has 0 unspecified atom stereocenters. The van der Waals surface area contributed by atoms with E-state index in [9.17, 15) is 48.3 Å². The van der Waals surface area contributed by atoms with Gasteiger partial charge in [0.25, 0.3) is 0 Å². The average molecular weight is 593 g/mol. The smallest absolute Gasteiger partial charge is 0.353 e. The van der Waals surface area contributed by atoms with Crippen molar-refractivity contribution in [2.24, 2.45) is 0 Å². The molecule has 0 spiro atoms. The number of sulfone groups is 1. The van der Waals surface area contributed by atoms with Crippen molar-refractivity contribution in [2.45, 2.75) is 53.0 Å². The van der Waals surface area contributed by atoms with E-state index in [1.807, 2.05) is 0 Å². The molecule has 40 heavy (non-hydrogen) atoms. The van der Waals surface area contributed by atoms with Crippen molar-refractivity contribution in [1.29, 1.82) is 0 Å². The maximum absolute atomic E-state index is 14.5. The van der Waals surface area contributed by atoms with E-state index in [0.717, 1.165) is 24.3 Å². The number of alkyl halides is 7. The molecule has 1 aliphatic carbocycles. The van der Waals surface area contributed by atoms with Crippen LogP contribution >= 0.6 is 0 Å². The number of aromatic nitrogens is 2. The van der Waals surface area contributed by atoms with E-state index in [4.69, 9.17) is 0 Å². The lowest BCUT2D eigenvalue weighted by Crippen LogP contribution is -2.57. The van der Waals surface area contributed by atoms with Crippen LogP contribution in [0.5, 0.6) is 0 Å². The molecule has 1 aliphatic rings. The average Bonchev–Trinajstić information content (AvgIpc) is 2.85. The van der Waals surface area contributed by atoms with Gasteiger partial charge in [-0.15, -0.1) is 0 Å². The lowest BCUT2D eigenvalue weighted by atomic mass is 9.74. The number of nitrogens with one attached hydrogen (secondary N) is 1. The van der Waals surface area contributed by atoms with Crippen molar-refractivity contribution < 1.29 is 48.3 Å². The van der Waals surface area contributed by atoms with Gasteiger partial charge in [0, 0.05) is 30.2 Å². The van der Waals surface area contributed by atoms with Gasteiger partial charge in [-0.05, 0) is 42.7 Å². The third-order valence-corrected chi connectivity index (χ3v) is 9.19. The molecule has 0 bridgehead atoms. The Morgan fingerprint density at radius 1 is 0.900 bits per heavy atom. The summed E-state index contributed by atoms with van der Waals surface area (Å²) in [6, 6.07) is 4.72. The first kappa shape index (κ1) is 29.4. The highest BCUT2D eigenvalue weighted by Gasteiger charge is 2.73. The molecule has 2 aromatic carbocycles. The quantitative estimate of drug-likeness (QED) is 0.305. The normalized spacial score (nSPS) is 20.1. The van der Waals surface area contributed by atoms with Crippen LogP contribution in [0.25, 0.3) is 0 Å². The van der Waals surface area contributed by atoms with E-state index in [1.54, 1.807) is 0 Å². The predicted molar refractivity (Wildman–Crippen MR) is 124 cm³/mol. The largest absolute Gasteiger partial charge is 0.435 e. The number of rotatable bonds is 7. The second-order valence-corrected chi connectivity index (χ2v) is 11.5. The summed E-state index contributed by atoms with van der Waals surface area (Å²) < 4.78 is 133.